The SMILES string of the molecule is CC(C)CC(NC(=O)OCc1ccccc1)C(=O)NC1Cc2ncsc2CCCNC(=O)C1=O. The van der Waals surface area contributed by atoms with Gasteiger partial charge in [0.25, 0.3) is 5.91 Å². The van der Waals surface area contributed by atoms with Gasteiger partial charge in [-0.25, -0.2) is 9.78 Å². The molecule has 2 atom stereocenters. The van der Waals surface area contributed by atoms with Gasteiger partial charge < -0.3 is 20.7 Å². The number of aryl methyl sites for hydroxylation is 1. The minimum absolute atomic E-state index is 0.0660. The molecule has 0 spiro atoms. The van der Waals surface area contributed by atoms with Gasteiger partial charge in [-0.1, -0.05) is 44.2 Å². The predicted molar refractivity (Wildman–Crippen MR) is 127 cm³/mol. The van der Waals surface area contributed by atoms with E-state index in [2.05, 4.69) is 20.9 Å². The van der Waals surface area contributed by atoms with Gasteiger partial charge in [0, 0.05) is 17.8 Å². The molecule has 34 heavy (non-hydrogen) atoms. The summed E-state index contributed by atoms with van der Waals surface area (Å²) in [7, 11) is 0. The van der Waals surface area contributed by atoms with Crippen molar-refractivity contribution in [1.82, 2.24) is 20.9 Å². The van der Waals surface area contributed by atoms with E-state index < -0.39 is 35.8 Å². The lowest BCUT2D eigenvalue weighted by Gasteiger charge is -2.24. The van der Waals surface area contributed by atoms with Crippen LogP contribution in [0.15, 0.2) is 35.8 Å². The molecule has 9 nitrogen and oxygen atoms in total. The van der Waals surface area contributed by atoms with E-state index in [1.807, 2.05) is 44.2 Å². The number of carbonyl (C=O) groups is 4. The summed E-state index contributed by atoms with van der Waals surface area (Å²) in [6, 6.07) is 7.19. The first kappa shape index (κ1) is 25.4. The fourth-order valence-corrected chi connectivity index (χ4v) is 4.49. The lowest BCUT2D eigenvalue weighted by atomic mass is 10.00. The number of ether oxygens (including phenoxy) is 1. The fraction of sp³-hybridized carbons (Fsp3) is 0.458. The summed E-state index contributed by atoms with van der Waals surface area (Å²) in [6.45, 7) is 4.27. The molecule has 0 fully saturated rings. The van der Waals surface area contributed by atoms with Crippen molar-refractivity contribution in [1.29, 1.82) is 0 Å². The van der Waals surface area contributed by atoms with Gasteiger partial charge in [-0.2, -0.15) is 0 Å². The third-order valence-corrected chi connectivity index (χ3v) is 6.31. The third kappa shape index (κ3) is 7.38. The molecular weight excluding hydrogens is 456 g/mol. The molecule has 2 unspecified atom stereocenters. The van der Waals surface area contributed by atoms with Gasteiger partial charge in [0.15, 0.2) is 0 Å². The van der Waals surface area contributed by atoms with Crippen LogP contribution in [0.2, 0.25) is 0 Å². The molecule has 2 heterocycles. The zero-order valence-corrected chi connectivity index (χ0v) is 20.2. The summed E-state index contributed by atoms with van der Waals surface area (Å²) in [4.78, 5) is 56.0. The molecule has 3 amide bonds. The molecule has 2 aromatic rings. The molecule has 3 rings (SSSR count). The number of nitrogens with one attached hydrogen (secondary N) is 3. The fourth-order valence-electron chi connectivity index (χ4n) is 3.64. The summed E-state index contributed by atoms with van der Waals surface area (Å²) >= 11 is 1.49. The normalized spacial score (nSPS) is 17.3. The van der Waals surface area contributed by atoms with Crippen LogP contribution in [0, 0.1) is 5.92 Å². The van der Waals surface area contributed by atoms with E-state index in [1.165, 1.54) is 11.3 Å². The second-order valence-electron chi connectivity index (χ2n) is 8.60. The number of Topliss-reactive ketones (excluding diaryl/α,β-unsaturated/α-hetero) is 1. The molecule has 3 N–H and O–H groups in total. The van der Waals surface area contributed by atoms with E-state index >= 15 is 0 Å². The van der Waals surface area contributed by atoms with Gasteiger partial charge >= 0.3 is 6.09 Å². The first-order valence-electron chi connectivity index (χ1n) is 11.3. The van der Waals surface area contributed by atoms with Gasteiger partial charge in [0.1, 0.15) is 18.7 Å². The number of nitrogens with zero attached hydrogens (tertiary/aromatic N) is 1. The quantitative estimate of drug-likeness (QED) is 0.515. The highest BCUT2D eigenvalue weighted by atomic mass is 32.1. The Morgan fingerprint density at radius 3 is 2.74 bits per heavy atom. The highest BCUT2D eigenvalue weighted by molar-refractivity contribution is 7.09. The molecule has 0 saturated heterocycles. The van der Waals surface area contributed by atoms with Crippen LogP contribution in [0.25, 0.3) is 0 Å². The first-order valence-corrected chi connectivity index (χ1v) is 12.2. The second kappa shape index (κ2) is 12.3. The summed E-state index contributed by atoms with van der Waals surface area (Å²) in [5.41, 5.74) is 3.22. The maximum absolute atomic E-state index is 13.1. The van der Waals surface area contributed by atoms with E-state index in [1.54, 1.807) is 5.51 Å². The van der Waals surface area contributed by atoms with Crippen LogP contribution in [0.4, 0.5) is 4.79 Å². The van der Waals surface area contributed by atoms with Crippen LogP contribution in [0.1, 0.15) is 42.8 Å². The molecule has 0 saturated carbocycles. The van der Waals surface area contributed by atoms with Crippen molar-refractivity contribution in [2.75, 3.05) is 6.54 Å². The van der Waals surface area contributed by atoms with Crippen molar-refractivity contribution >= 4 is 35.0 Å². The van der Waals surface area contributed by atoms with Crippen molar-refractivity contribution in [2.45, 2.75) is 58.2 Å². The third-order valence-electron chi connectivity index (χ3n) is 5.37. The zero-order valence-electron chi connectivity index (χ0n) is 19.3. The molecule has 1 aromatic heterocycles. The number of carbonyl (C=O) groups excluding carboxylic acids is 4. The smallest absolute Gasteiger partial charge is 0.408 e. The number of fused-ring (bicyclic) bond motifs is 1. The Morgan fingerprint density at radius 1 is 1.24 bits per heavy atom. The predicted octanol–water partition coefficient (Wildman–Crippen LogP) is 2.14. The van der Waals surface area contributed by atoms with Crippen LogP contribution in [-0.4, -0.2) is 47.3 Å². The van der Waals surface area contributed by atoms with E-state index in [9.17, 15) is 19.2 Å². The standard InChI is InChI=1S/C24H30N4O5S/c1-15(2)11-19(28-24(32)33-13-16-7-4-3-5-8-16)22(30)27-18-12-17-20(34-14-26-17)9-6-10-25-23(31)21(18)29/h3-5,7-8,14-15,18-19H,6,9-13H2,1-2H3,(H,25,31)(H,27,30)(H,28,32). The van der Waals surface area contributed by atoms with Crippen LogP contribution < -0.4 is 16.0 Å². The lowest BCUT2D eigenvalue weighted by molar-refractivity contribution is -0.140. The van der Waals surface area contributed by atoms with Gasteiger partial charge in [-0.3, -0.25) is 14.4 Å². The van der Waals surface area contributed by atoms with E-state index in [-0.39, 0.29) is 18.9 Å². The summed E-state index contributed by atoms with van der Waals surface area (Å²) in [5.74, 6) is -1.94. The number of rotatable bonds is 7. The Balaban J connectivity index is 1.69. The number of amides is 3. The van der Waals surface area contributed by atoms with Gasteiger partial charge in [-0.15, -0.1) is 11.3 Å². The minimum atomic E-state index is -1.08. The molecule has 10 heteroatoms. The van der Waals surface area contributed by atoms with E-state index in [4.69, 9.17) is 4.74 Å². The summed E-state index contributed by atoms with van der Waals surface area (Å²) < 4.78 is 5.25. The van der Waals surface area contributed by atoms with Gasteiger partial charge in [-0.05, 0) is 30.7 Å². The molecule has 1 aliphatic heterocycles. The molecule has 0 radical (unpaired) electrons. The molecule has 0 aliphatic carbocycles. The van der Waals surface area contributed by atoms with Crippen LogP contribution in [-0.2, 0) is 38.6 Å². The number of thiazole rings is 1. The van der Waals surface area contributed by atoms with E-state index in [0.717, 1.165) is 16.9 Å². The van der Waals surface area contributed by atoms with Crippen molar-refractivity contribution in [3.8, 4) is 0 Å². The average molecular weight is 487 g/mol. The summed E-state index contributed by atoms with van der Waals surface area (Å²) in [6.07, 6.45) is 1.16. The highest BCUT2D eigenvalue weighted by Gasteiger charge is 2.32. The Morgan fingerprint density at radius 2 is 2.00 bits per heavy atom. The number of ketones is 1. The monoisotopic (exact) mass is 486 g/mol. The number of alkyl carbamates (subject to hydrolysis) is 1. The Bertz CT molecular complexity index is 1010. The number of benzene rings is 1. The van der Waals surface area contributed by atoms with Crippen LogP contribution in [0.3, 0.4) is 0 Å². The van der Waals surface area contributed by atoms with Gasteiger partial charge in [0.2, 0.25) is 11.7 Å². The Hall–Kier alpha value is -3.27. The zero-order chi connectivity index (χ0) is 24.5. The molecule has 1 aliphatic rings. The van der Waals surface area contributed by atoms with Crippen LogP contribution >= 0.6 is 11.3 Å². The van der Waals surface area contributed by atoms with Crippen molar-refractivity contribution in [2.24, 2.45) is 5.92 Å². The Kier molecular flexibility index (Phi) is 9.15. The number of hydrogen-bond acceptors (Lipinski definition) is 7. The maximum atomic E-state index is 13.1. The van der Waals surface area contributed by atoms with Crippen molar-refractivity contribution in [3.05, 3.63) is 52.0 Å². The first-order chi connectivity index (χ1) is 16.3. The topological polar surface area (TPSA) is 126 Å². The van der Waals surface area contributed by atoms with Crippen LogP contribution in [0.5, 0.6) is 0 Å². The van der Waals surface area contributed by atoms with Gasteiger partial charge in [0.05, 0.1) is 11.2 Å². The average Bonchev–Trinajstić information content (AvgIpc) is 3.26. The molecule has 182 valence electrons. The molecule has 0 bridgehead atoms. The second-order valence-corrected chi connectivity index (χ2v) is 9.54. The largest absolute Gasteiger partial charge is 0.445 e. The summed E-state index contributed by atoms with van der Waals surface area (Å²) in [5, 5.41) is 7.88. The minimum Gasteiger partial charge on any atom is -0.445 e. The molecule has 1 aromatic carbocycles. The molecular formula is C24H30N4O5S. The van der Waals surface area contributed by atoms with E-state index in [0.29, 0.717) is 25.1 Å². The van der Waals surface area contributed by atoms with Crippen molar-refractivity contribution < 1.29 is 23.9 Å². The van der Waals surface area contributed by atoms with Crippen molar-refractivity contribution in [3.63, 3.8) is 0 Å². The lowest BCUT2D eigenvalue weighted by Crippen LogP contribution is -2.55. The highest BCUT2D eigenvalue weighted by Crippen LogP contribution is 2.18. The maximum Gasteiger partial charge on any atom is 0.408 e. The number of aromatic nitrogens is 1. The number of hydrogen-bond donors (Lipinski definition) is 3. The Labute approximate surface area is 202 Å².